The summed E-state index contributed by atoms with van der Waals surface area (Å²) in [6.07, 6.45) is -4.41. The highest BCUT2D eigenvalue weighted by Crippen LogP contribution is 2.34. The standard InChI is InChI=1S/C19H12F5S/c20-14-3-9-17(10-4-14)25(18-11-5-15(21)6-12-18)16-7-1-13(2-8-16)19(22,23)24/h1-12H/q+1. The van der Waals surface area contributed by atoms with E-state index in [0.717, 1.165) is 21.9 Å². The molecule has 3 rings (SSSR count). The van der Waals surface area contributed by atoms with Crippen molar-refractivity contribution in [3.63, 3.8) is 0 Å². The van der Waals surface area contributed by atoms with E-state index in [1.165, 1.54) is 36.4 Å². The third kappa shape index (κ3) is 4.02. The highest BCUT2D eigenvalue weighted by Gasteiger charge is 2.33. The molecule has 0 fully saturated rings. The lowest BCUT2D eigenvalue weighted by molar-refractivity contribution is -0.137. The van der Waals surface area contributed by atoms with E-state index in [9.17, 15) is 22.0 Å². The second-order valence-corrected chi connectivity index (χ2v) is 7.26. The Morgan fingerprint density at radius 2 is 0.840 bits per heavy atom. The Hall–Kier alpha value is -2.34. The lowest BCUT2D eigenvalue weighted by Crippen LogP contribution is -2.08. The number of alkyl halides is 3. The van der Waals surface area contributed by atoms with Crippen molar-refractivity contribution in [2.75, 3.05) is 0 Å². The monoisotopic (exact) mass is 367 g/mol. The van der Waals surface area contributed by atoms with Crippen molar-refractivity contribution in [2.24, 2.45) is 0 Å². The predicted molar refractivity (Wildman–Crippen MR) is 86.4 cm³/mol. The first-order chi connectivity index (χ1) is 11.8. The lowest BCUT2D eigenvalue weighted by atomic mass is 10.2. The summed E-state index contributed by atoms with van der Waals surface area (Å²) in [5, 5.41) is 0. The molecule has 3 aromatic rings. The second-order valence-electron chi connectivity index (χ2n) is 5.24. The van der Waals surface area contributed by atoms with Crippen LogP contribution < -0.4 is 0 Å². The van der Waals surface area contributed by atoms with Gasteiger partial charge in [-0.25, -0.2) is 8.78 Å². The van der Waals surface area contributed by atoms with E-state index in [2.05, 4.69) is 0 Å². The molecule has 0 aliphatic rings. The normalized spacial score (nSPS) is 11.8. The van der Waals surface area contributed by atoms with Gasteiger partial charge in [0, 0.05) is 0 Å². The Labute approximate surface area is 144 Å². The van der Waals surface area contributed by atoms with Gasteiger partial charge in [-0.1, -0.05) is 0 Å². The first-order valence-corrected chi connectivity index (χ1v) is 8.50. The number of halogens is 5. The van der Waals surface area contributed by atoms with Gasteiger partial charge in [-0.15, -0.1) is 0 Å². The van der Waals surface area contributed by atoms with Crippen LogP contribution in [0.3, 0.4) is 0 Å². The zero-order valence-electron chi connectivity index (χ0n) is 12.7. The van der Waals surface area contributed by atoms with Crippen molar-refractivity contribution < 1.29 is 22.0 Å². The Bertz CT molecular complexity index is 791. The summed E-state index contributed by atoms with van der Waals surface area (Å²) >= 11 is 0. The lowest BCUT2D eigenvalue weighted by Gasteiger charge is -2.10. The molecule has 0 amide bonds. The van der Waals surface area contributed by atoms with Gasteiger partial charge in [-0.2, -0.15) is 13.2 Å². The highest BCUT2D eigenvalue weighted by atomic mass is 32.2. The van der Waals surface area contributed by atoms with Gasteiger partial charge in [0.2, 0.25) is 0 Å². The van der Waals surface area contributed by atoms with Crippen LogP contribution in [-0.2, 0) is 17.1 Å². The first-order valence-electron chi connectivity index (χ1n) is 7.27. The van der Waals surface area contributed by atoms with E-state index in [4.69, 9.17) is 0 Å². The average Bonchev–Trinajstić information content (AvgIpc) is 2.58. The van der Waals surface area contributed by atoms with Crippen LogP contribution >= 0.6 is 0 Å². The maximum Gasteiger partial charge on any atom is 0.416 e. The van der Waals surface area contributed by atoms with E-state index in [1.807, 2.05) is 0 Å². The van der Waals surface area contributed by atoms with Gasteiger partial charge >= 0.3 is 6.18 Å². The van der Waals surface area contributed by atoms with Gasteiger partial charge < -0.3 is 0 Å². The van der Waals surface area contributed by atoms with Crippen molar-refractivity contribution >= 4 is 10.9 Å². The quantitative estimate of drug-likeness (QED) is 0.389. The molecule has 0 saturated heterocycles. The molecular weight excluding hydrogens is 355 g/mol. The van der Waals surface area contributed by atoms with Crippen LogP contribution in [0.15, 0.2) is 87.5 Å². The minimum atomic E-state index is -4.41. The molecule has 0 heterocycles. The zero-order valence-corrected chi connectivity index (χ0v) is 13.5. The molecule has 6 heteroatoms. The molecule has 0 aliphatic heterocycles. The van der Waals surface area contributed by atoms with Crippen LogP contribution in [0.5, 0.6) is 0 Å². The van der Waals surface area contributed by atoms with E-state index in [0.29, 0.717) is 4.90 Å². The Morgan fingerprint density at radius 3 is 1.16 bits per heavy atom. The molecule has 0 saturated carbocycles. The number of benzene rings is 3. The Balaban J connectivity index is 2.07. The van der Waals surface area contributed by atoms with Crippen LogP contribution in [0.25, 0.3) is 0 Å². The van der Waals surface area contributed by atoms with Crippen molar-refractivity contribution in [3.8, 4) is 0 Å². The number of hydrogen-bond donors (Lipinski definition) is 0. The summed E-state index contributed by atoms with van der Waals surface area (Å²) < 4.78 is 64.8. The second kappa shape index (κ2) is 6.88. The highest BCUT2D eigenvalue weighted by molar-refractivity contribution is 7.97. The van der Waals surface area contributed by atoms with E-state index in [1.54, 1.807) is 24.3 Å². The molecule has 0 bridgehead atoms. The van der Waals surface area contributed by atoms with Crippen LogP contribution in [0.2, 0.25) is 0 Å². The smallest absolute Gasteiger partial charge is 0.207 e. The van der Waals surface area contributed by atoms with Crippen molar-refractivity contribution in [1.29, 1.82) is 0 Å². The van der Waals surface area contributed by atoms with Gasteiger partial charge in [0.25, 0.3) is 0 Å². The first kappa shape index (κ1) is 17.5. The molecule has 0 aliphatic carbocycles. The van der Waals surface area contributed by atoms with Crippen LogP contribution in [0, 0.1) is 11.6 Å². The van der Waals surface area contributed by atoms with E-state index >= 15 is 0 Å². The minimum absolute atomic E-state index is 0.404. The largest absolute Gasteiger partial charge is 0.416 e. The third-order valence-electron chi connectivity index (χ3n) is 3.52. The van der Waals surface area contributed by atoms with Gasteiger partial charge in [0.1, 0.15) is 11.6 Å². The maximum absolute atomic E-state index is 13.2. The van der Waals surface area contributed by atoms with Crippen LogP contribution in [0.1, 0.15) is 5.56 Å². The summed E-state index contributed by atoms with van der Waals surface area (Å²) in [6, 6.07) is 16.3. The molecular formula is C19H12F5S+. The molecule has 25 heavy (non-hydrogen) atoms. The van der Waals surface area contributed by atoms with Gasteiger partial charge in [-0.05, 0) is 72.8 Å². The predicted octanol–water partition coefficient (Wildman–Crippen LogP) is 6.08. The molecule has 3 aromatic carbocycles. The van der Waals surface area contributed by atoms with Gasteiger partial charge in [0.15, 0.2) is 14.7 Å². The summed E-state index contributed by atoms with van der Waals surface area (Å²) in [7, 11) is -0.767. The van der Waals surface area contributed by atoms with Gasteiger partial charge in [-0.3, -0.25) is 0 Å². The third-order valence-corrected chi connectivity index (χ3v) is 5.75. The molecule has 0 atom stereocenters. The molecule has 0 radical (unpaired) electrons. The SMILES string of the molecule is Fc1ccc([S+](c2ccc(F)cc2)c2ccc(C(F)(F)F)cc2)cc1. The van der Waals surface area contributed by atoms with Crippen molar-refractivity contribution in [1.82, 2.24) is 0 Å². The fraction of sp³-hybridized carbons (Fsp3) is 0.0526. The number of hydrogen-bond acceptors (Lipinski definition) is 0. The Kier molecular flexibility index (Phi) is 4.81. The minimum Gasteiger partial charge on any atom is -0.207 e. The van der Waals surface area contributed by atoms with Crippen molar-refractivity contribution in [2.45, 2.75) is 20.9 Å². The number of rotatable bonds is 3. The molecule has 0 spiro atoms. The molecule has 0 N–H and O–H groups in total. The van der Waals surface area contributed by atoms with Crippen molar-refractivity contribution in [3.05, 3.63) is 90.0 Å². The van der Waals surface area contributed by atoms with E-state index in [-0.39, 0.29) is 0 Å². The average molecular weight is 367 g/mol. The zero-order chi connectivity index (χ0) is 18.0. The van der Waals surface area contributed by atoms with Gasteiger partial charge in [0.05, 0.1) is 16.5 Å². The van der Waals surface area contributed by atoms with Crippen LogP contribution in [-0.4, -0.2) is 0 Å². The fourth-order valence-electron chi connectivity index (χ4n) is 2.33. The maximum atomic E-state index is 13.2. The molecule has 128 valence electrons. The van der Waals surface area contributed by atoms with E-state index < -0.39 is 34.3 Å². The topological polar surface area (TPSA) is 0 Å². The Morgan fingerprint density at radius 1 is 0.520 bits per heavy atom. The molecule has 0 unspecified atom stereocenters. The summed E-state index contributed by atoms with van der Waals surface area (Å²) in [6.45, 7) is 0. The molecule has 0 aromatic heterocycles. The molecule has 0 nitrogen and oxygen atoms in total. The fourth-order valence-corrected chi connectivity index (χ4v) is 4.37. The van der Waals surface area contributed by atoms with Crippen LogP contribution in [0.4, 0.5) is 22.0 Å². The summed E-state index contributed by atoms with van der Waals surface area (Å²) in [4.78, 5) is 2.09. The summed E-state index contributed by atoms with van der Waals surface area (Å²) in [5.74, 6) is -0.808. The summed E-state index contributed by atoms with van der Waals surface area (Å²) in [5.41, 5.74) is -0.738.